The van der Waals surface area contributed by atoms with Crippen LogP contribution in [0.4, 0.5) is 5.82 Å². The maximum Gasteiger partial charge on any atom is 0.129 e. The minimum absolute atomic E-state index is 0.981. The molecule has 3 nitrogen and oxygen atoms in total. The Kier molecular flexibility index (Phi) is 4.53. The second kappa shape index (κ2) is 6.36. The van der Waals surface area contributed by atoms with Crippen molar-refractivity contribution in [3.63, 3.8) is 0 Å². The van der Waals surface area contributed by atoms with Crippen LogP contribution in [0.25, 0.3) is 10.9 Å². The molecule has 18 heavy (non-hydrogen) atoms. The number of likely N-dealkylation sites (N-methyl/N-ethyl adjacent to an activating group) is 1. The van der Waals surface area contributed by atoms with Gasteiger partial charge in [-0.2, -0.15) is 0 Å². The second-order valence-corrected chi connectivity index (χ2v) is 4.45. The second-order valence-electron chi connectivity index (χ2n) is 4.45. The van der Waals surface area contributed by atoms with Crippen LogP contribution in [0.2, 0.25) is 0 Å². The molecule has 0 bridgehead atoms. The van der Waals surface area contributed by atoms with Crippen LogP contribution in [0.5, 0.6) is 0 Å². The van der Waals surface area contributed by atoms with Crippen molar-refractivity contribution in [1.82, 2.24) is 10.3 Å². The van der Waals surface area contributed by atoms with Gasteiger partial charge in [0.05, 0.1) is 5.52 Å². The highest BCUT2D eigenvalue weighted by Crippen LogP contribution is 2.17. The van der Waals surface area contributed by atoms with E-state index in [1.165, 1.54) is 5.39 Å². The Labute approximate surface area is 109 Å². The molecule has 0 aliphatic rings. The van der Waals surface area contributed by atoms with Gasteiger partial charge in [0.15, 0.2) is 0 Å². The van der Waals surface area contributed by atoms with Gasteiger partial charge in [0, 0.05) is 25.0 Å². The van der Waals surface area contributed by atoms with Crippen molar-refractivity contribution in [1.29, 1.82) is 0 Å². The summed E-state index contributed by atoms with van der Waals surface area (Å²) in [6.45, 7) is 5.23. The molecule has 1 N–H and O–H groups in total. The molecule has 1 heterocycles. The molecule has 0 amide bonds. The number of nitrogens with one attached hydrogen (secondary N) is 1. The molecule has 96 valence electrons. The number of pyridine rings is 1. The van der Waals surface area contributed by atoms with E-state index in [0.717, 1.165) is 37.4 Å². The third-order valence-corrected chi connectivity index (χ3v) is 3.03. The Morgan fingerprint density at radius 3 is 2.72 bits per heavy atom. The van der Waals surface area contributed by atoms with E-state index in [1.807, 2.05) is 13.1 Å². The minimum atomic E-state index is 0.981. The largest absolute Gasteiger partial charge is 0.355 e. The molecule has 0 radical (unpaired) electrons. The summed E-state index contributed by atoms with van der Waals surface area (Å²) in [6, 6.07) is 12.5. The van der Waals surface area contributed by atoms with E-state index in [0.29, 0.717) is 0 Å². The maximum atomic E-state index is 4.75. The highest BCUT2D eigenvalue weighted by molar-refractivity contribution is 5.80. The summed E-state index contributed by atoms with van der Waals surface area (Å²) in [5.74, 6) is 1.07. The highest BCUT2D eigenvalue weighted by atomic mass is 15.2. The lowest BCUT2D eigenvalue weighted by Gasteiger charge is -2.23. The number of hydrogen-bond acceptors (Lipinski definition) is 3. The van der Waals surface area contributed by atoms with Gasteiger partial charge in [-0.25, -0.2) is 4.98 Å². The first-order valence-corrected chi connectivity index (χ1v) is 6.60. The summed E-state index contributed by atoms with van der Waals surface area (Å²) >= 11 is 0. The standard InChI is InChI=1S/C15H21N3/c1-3-11-18(12-10-16-2)15-9-8-13-6-4-5-7-14(13)17-15/h4-9,16H,3,10-12H2,1-2H3. The van der Waals surface area contributed by atoms with Gasteiger partial charge in [0.25, 0.3) is 0 Å². The van der Waals surface area contributed by atoms with E-state index >= 15 is 0 Å². The fraction of sp³-hybridized carbons (Fsp3) is 0.400. The summed E-state index contributed by atoms with van der Waals surface area (Å²) in [5, 5.41) is 4.39. The molecule has 0 saturated carbocycles. The summed E-state index contributed by atoms with van der Waals surface area (Å²) in [7, 11) is 1.98. The highest BCUT2D eigenvalue weighted by Gasteiger charge is 2.06. The summed E-state index contributed by atoms with van der Waals surface area (Å²) in [5.41, 5.74) is 1.07. The van der Waals surface area contributed by atoms with Crippen LogP contribution in [-0.4, -0.2) is 31.7 Å². The fourth-order valence-corrected chi connectivity index (χ4v) is 2.09. The van der Waals surface area contributed by atoms with E-state index < -0.39 is 0 Å². The van der Waals surface area contributed by atoms with Crippen LogP contribution in [0.15, 0.2) is 36.4 Å². The van der Waals surface area contributed by atoms with Gasteiger partial charge in [-0.05, 0) is 31.7 Å². The van der Waals surface area contributed by atoms with Crippen LogP contribution < -0.4 is 10.2 Å². The molecule has 0 unspecified atom stereocenters. The summed E-state index contributed by atoms with van der Waals surface area (Å²) in [4.78, 5) is 7.08. The summed E-state index contributed by atoms with van der Waals surface area (Å²) in [6.07, 6.45) is 1.14. The molecule has 0 aliphatic heterocycles. The van der Waals surface area contributed by atoms with E-state index in [9.17, 15) is 0 Å². The van der Waals surface area contributed by atoms with Crippen LogP contribution in [0.1, 0.15) is 13.3 Å². The smallest absolute Gasteiger partial charge is 0.129 e. The van der Waals surface area contributed by atoms with Gasteiger partial charge in [-0.15, -0.1) is 0 Å². The van der Waals surface area contributed by atoms with Gasteiger partial charge >= 0.3 is 0 Å². The minimum Gasteiger partial charge on any atom is -0.355 e. The van der Waals surface area contributed by atoms with E-state index in [-0.39, 0.29) is 0 Å². The number of fused-ring (bicyclic) bond motifs is 1. The molecule has 0 spiro atoms. The lowest BCUT2D eigenvalue weighted by atomic mass is 10.2. The Balaban J connectivity index is 2.25. The quantitative estimate of drug-likeness (QED) is 0.845. The Morgan fingerprint density at radius 2 is 1.94 bits per heavy atom. The molecule has 1 aromatic carbocycles. The van der Waals surface area contributed by atoms with Crippen molar-refractivity contribution in [3.8, 4) is 0 Å². The van der Waals surface area contributed by atoms with Gasteiger partial charge in [0.2, 0.25) is 0 Å². The predicted molar refractivity (Wildman–Crippen MR) is 78.2 cm³/mol. The molecule has 1 aromatic heterocycles. The number of aromatic nitrogens is 1. The average Bonchev–Trinajstić information content (AvgIpc) is 2.43. The number of benzene rings is 1. The average molecular weight is 243 g/mol. The molecule has 0 fully saturated rings. The van der Waals surface area contributed by atoms with Crippen LogP contribution in [0.3, 0.4) is 0 Å². The predicted octanol–water partition coefficient (Wildman–Crippen LogP) is 2.67. The van der Waals surface area contributed by atoms with Gasteiger partial charge in [-0.3, -0.25) is 0 Å². The topological polar surface area (TPSA) is 28.2 Å². The SMILES string of the molecule is CCCN(CCNC)c1ccc2ccccc2n1. The zero-order chi connectivity index (χ0) is 12.8. The normalized spacial score (nSPS) is 10.8. The number of para-hydroxylation sites is 1. The van der Waals surface area contributed by atoms with Crippen molar-refractivity contribution >= 4 is 16.7 Å². The number of hydrogen-bond donors (Lipinski definition) is 1. The zero-order valence-electron chi connectivity index (χ0n) is 11.2. The summed E-state index contributed by atoms with van der Waals surface area (Å²) < 4.78 is 0. The number of anilines is 1. The van der Waals surface area contributed by atoms with Crippen molar-refractivity contribution in [2.45, 2.75) is 13.3 Å². The number of nitrogens with zero attached hydrogens (tertiary/aromatic N) is 2. The molecule has 2 rings (SSSR count). The van der Waals surface area contributed by atoms with Crippen molar-refractivity contribution < 1.29 is 0 Å². The van der Waals surface area contributed by atoms with Crippen molar-refractivity contribution in [2.24, 2.45) is 0 Å². The van der Waals surface area contributed by atoms with Gasteiger partial charge in [0.1, 0.15) is 5.82 Å². The molecular formula is C15H21N3. The third kappa shape index (κ3) is 2.99. The molecule has 3 heteroatoms. The third-order valence-electron chi connectivity index (χ3n) is 3.03. The van der Waals surface area contributed by atoms with Crippen molar-refractivity contribution in [2.75, 3.05) is 31.6 Å². The Hall–Kier alpha value is -1.61. The van der Waals surface area contributed by atoms with E-state index in [2.05, 4.69) is 47.5 Å². The van der Waals surface area contributed by atoms with E-state index in [4.69, 9.17) is 4.98 Å². The van der Waals surface area contributed by atoms with Crippen LogP contribution in [0, 0.1) is 0 Å². The lowest BCUT2D eigenvalue weighted by Crippen LogP contribution is -2.32. The first-order valence-electron chi connectivity index (χ1n) is 6.60. The Morgan fingerprint density at radius 1 is 1.11 bits per heavy atom. The molecular weight excluding hydrogens is 222 g/mol. The molecule has 0 saturated heterocycles. The first-order chi connectivity index (χ1) is 8.85. The zero-order valence-corrected chi connectivity index (χ0v) is 11.2. The fourth-order valence-electron chi connectivity index (χ4n) is 2.09. The lowest BCUT2D eigenvalue weighted by molar-refractivity contribution is 0.704. The van der Waals surface area contributed by atoms with Crippen LogP contribution >= 0.6 is 0 Å². The maximum absolute atomic E-state index is 4.75. The van der Waals surface area contributed by atoms with Crippen LogP contribution in [-0.2, 0) is 0 Å². The molecule has 2 aromatic rings. The first kappa shape index (κ1) is 12.8. The monoisotopic (exact) mass is 243 g/mol. The molecule has 0 atom stereocenters. The van der Waals surface area contributed by atoms with E-state index in [1.54, 1.807) is 0 Å². The Bertz CT molecular complexity index is 496. The van der Waals surface area contributed by atoms with Gasteiger partial charge < -0.3 is 10.2 Å². The number of rotatable bonds is 6. The van der Waals surface area contributed by atoms with Gasteiger partial charge in [-0.1, -0.05) is 25.1 Å². The molecule has 0 aliphatic carbocycles. The van der Waals surface area contributed by atoms with Crippen molar-refractivity contribution in [3.05, 3.63) is 36.4 Å².